The first kappa shape index (κ1) is 29.5. The predicted molar refractivity (Wildman–Crippen MR) is 222 cm³/mol. The van der Waals surface area contributed by atoms with Gasteiger partial charge < -0.3 is 4.57 Å². The maximum Gasteiger partial charge on any atom is 0.0541 e. The van der Waals surface area contributed by atoms with Crippen molar-refractivity contribution >= 4 is 53.3 Å². The van der Waals surface area contributed by atoms with Crippen LogP contribution in [-0.4, -0.2) is 4.57 Å². The Morgan fingerprint density at radius 1 is 0.442 bits per heavy atom. The normalized spacial score (nSPS) is 13.9. The highest BCUT2D eigenvalue weighted by atomic mass is 32.1. The maximum absolute atomic E-state index is 2.44. The van der Waals surface area contributed by atoms with E-state index in [1.165, 1.54) is 97.7 Å². The number of nitrogens with zero attached hydrogens (tertiary/aromatic N) is 1. The van der Waals surface area contributed by atoms with Crippen LogP contribution in [-0.2, 0) is 6.42 Å². The molecule has 1 unspecified atom stereocenters. The standard InChI is InChI=1S/C50H33NS/c1-2-12-32(13-3-1)44-31-36-25-24-33(29-45(36)40-17-5-4-16-39(40)44)34-26-27-48-46(30-34)41-18-6-8-22-47(41)51(48)37-15-10-14-35(28-37)38-20-11-21-43-42-19-7-9-23-49(42)52-50(38)43/h1-30,44H,31H2. The van der Waals surface area contributed by atoms with Crippen molar-refractivity contribution in [2.24, 2.45) is 0 Å². The molecule has 1 aliphatic carbocycles. The Hall–Kier alpha value is -6.22. The van der Waals surface area contributed by atoms with Crippen molar-refractivity contribution in [1.82, 2.24) is 4.57 Å². The molecule has 0 radical (unpaired) electrons. The number of hydrogen-bond donors (Lipinski definition) is 0. The molecular weight excluding hydrogens is 647 g/mol. The van der Waals surface area contributed by atoms with Gasteiger partial charge in [0.25, 0.3) is 0 Å². The number of fused-ring (bicyclic) bond motifs is 9. The van der Waals surface area contributed by atoms with Gasteiger partial charge in [0.2, 0.25) is 0 Å². The van der Waals surface area contributed by atoms with Crippen molar-refractivity contribution in [2.75, 3.05) is 0 Å². The lowest BCUT2D eigenvalue weighted by Crippen LogP contribution is -2.12. The fraction of sp³-hybridized carbons (Fsp3) is 0.0400. The molecule has 244 valence electrons. The third-order valence-electron chi connectivity index (χ3n) is 11.2. The monoisotopic (exact) mass is 679 g/mol. The molecule has 1 atom stereocenters. The summed E-state index contributed by atoms with van der Waals surface area (Å²) in [6.45, 7) is 0. The van der Waals surface area contributed by atoms with E-state index in [2.05, 4.69) is 187 Å². The number of hydrogen-bond acceptors (Lipinski definition) is 1. The maximum atomic E-state index is 2.44. The van der Waals surface area contributed by atoms with E-state index >= 15 is 0 Å². The molecule has 0 saturated carbocycles. The van der Waals surface area contributed by atoms with Gasteiger partial charge in [0, 0.05) is 42.6 Å². The summed E-state index contributed by atoms with van der Waals surface area (Å²) in [6, 6.07) is 67.5. The molecule has 1 nitrogen and oxygen atoms in total. The number of aromatic nitrogens is 1. The summed E-state index contributed by atoms with van der Waals surface area (Å²) in [7, 11) is 0. The summed E-state index contributed by atoms with van der Waals surface area (Å²) in [5, 5.41) is 5.20. The second-order valence-electron chi connectivity index (χ2n) is 14.0. The van der Waals surface area contributed by atoms with Crippen molar-refractivity contribution in [2.45, 2.75) is 12.3 Å². The average molecular weight is 680 g/mol. The smallest absolute Gasteiger partial charge is 0.0541 e. The molecule has 0 bridgehead atoms. The fourth-order valence-electron chi connectivity index (χ4n) is 8.76. The summed E-state index contributed by atoms with van der Waals surface area (Å²) in [5.74, 6) is 0.370. The lowest BCUT2D eigenvalue weighted by Gasteiger charge is -2.29. The molecule has 1 aliphatic rings. The first-order chi connectivity index (χ1) is 25.8. The Labute approximate surface area is 306 Å². The zero-order valence-corrected chi connectivity index (χ0v) is 29.3. The lowest BCUT2D eigenvalue weighted by atomic mass is 9.75. The number of thiophene rings is 1. The largest absolute Gasteiger partial charge is 0.309 e. The molecule has 0 saturated heterocycles. The Morgan fingerprint density at radius 3 is 2.10 bits per heavy atom. The van der Waals surface area contributed by atoms with Gasteiger partial charge in [0.05, 0.1) is 11.0 Å². The molecule has 0 fully saturated rings. The highest BCUT2D eigenvalue weighted by Gasteiger charge is 2.26. The molecule has 0 amide bonds. The zero-order chi connectivity index (χ0) is 34.2. The lowest BCUT2D eigenvalue weighted by molar-refractivity contribution is 0.794. The molecule has 0 aliphatic heterocycles. The Balaban J connectivity index is 1.03. The van der Waals surface area contributed by atoms with Gasteiger partial charge in [-0.1, -0.05) is 140 Å². The van der Waals surface area contributed by atoms with Crippen LogP contribution in [0.3, 0.4) is 0 Å². The van der Waals surface area contributed by atoms with Gasteiger partial charge in [0.1, 0.15) is 0 Å². The van der Waals surface area contributed by atoms with E-state index in [1.807, 2.05) is 11.3 Å². The van der Waals surface area contributed by atoms with Gasteiger partial charge in [-0.3, -0.25) is 0 Å². The summed E-state index contributed by atoms with van der Waals surface area (Å²) in [6.07, 6.45) is 1.01. The Bertz CT molecular complexity index is 3000. The van der Waals surface area contributed by atoms with E-state index in [0.717, 1.165) is 6.42 Å². The van der Waals surface area contributed by atoms with Crippen molar-refractivity contribution < 1.29 is 0 Å². The van der Waals surface area contributed by atoms with E-state index in [4.69, 9.17) is 0 Å². The molecule has 52 heavy (non-hydrogen) atoms. The number of rotatable bonds is 4. The molecule has 8 aromatic carbocycles. The minimum absolute atomic E-state index is 0.370. The molecule has 2 heterocycles. The van der Waals surface area contributed by atoms with Crippen LogP contribution in [0.4, 0.5) is 0 Å². The van der Waals surface area contributed by atoms with Gasteiger partial charge in [-0.15, -0.1) is 11.3 Å². The number of benzene rings is 8. The van der Waals surface area contributed by atoms with Crippen molar-refractivity contribution in [3.05, 3.63) is 199 Å². The quantitative estimate of drug-likeness (QED) is 0.174. The van der Waals surface area contributed by atoms with Crippen LogP contribution in [0.5, 0.6) is 0 Å². The second-order valence-corrected chi connectivity index (χ2v) is 15.1. The van der Waals surface area contributed by atoms with Gasteiger partial charge >= 0.3 is 0 Å². The van der Waals surface area contributed by atoms with Gasteiger partial charge in [-0.05, 0) is 99.0 Å². The third kappa shape index (κ3) is 4.54. The molecule has 0 N–H and O–H groups in total. The molecule has 2 heteroatoms. The van der Waals surface area contributed by atoms with Crippen LogP contribution in [0.2, 0.25) is 0 Å². The number of para-hydroxylation sites is 1. The summed E-state index contributed by atoms with van der Waals surface area (Å²) in [5.41, 5.74) is 15.6. The van der Waals surface area contributed by atoms with Crippen LogP contribution in [0.1, 0.15) is 22.6 Å². The third-order valence-corrected chi connectivity index (χ3v) is 12.4. The van der Waals surface area contributed by atoms with Crippen LogP contribution in [0, 0.1) is 0 Å². The van der Waals surface area contributed by atoms with Crippen molar-refractivity contribution in [3.8, 4) is 39.1 Å². The fourth-order valence-corrected chi connectivity index (χ4v) is 10.00. The summed E-state index contributed by atoms with van der Waals surface area (Å²) in [4.78, 5) is 0. The molecular formula is C50H33NS. The van der Waals surface area contributed by atoms with Crippen LogP contribution in [0.25, 0.3) is 81.0 Å². The predicted octanol–water partition coefficient (Wildman–Crippen LogP) is 13.8. The first-order valence-corrected chi connectivity index (χ1v) is 18.9. The van der Waals surface area contributed by atoms with Crippen molar-refractivity contribution in [1.29, 1.82) is 0 Å². The van der Waals surface area contributed by atoms with E-state index in [1.54, 1.807) is 0 Å². The first-order valence-electron chi connectivity index (χ1n) is 18.1. The van der Waals surface area contributed by atoms with E-state index in [-0.39, 0.29) is 0 Å². The molecule has 10 aromatic rings. The minimum atomic E-state index is 0.370. The van der Waals surface area contributed by atoms with Crippen LogP contribution < -0.4 is 0 Å². The second kappa shape index (κ2) is 11.7. The Morgan fingerprint density at radius 2 is 1.15 bits per heavy atom. The van der Waals surface area contributed by atoms with Crippen LogP contribution >= 0.6 is 11.3 Å². The molecule has 0 spiro atoms. The summed E-state index contributed by atoms with van der Waals surface area (Å²) < 4.78 is 5.12. The SMILES string of the molecule is c1ccc(C2Cc3ccc(-c4ccc5c(c4)c4ccccc4n5-c4cccc(-c5cccc6c5sc5ccccc56)c4)cc3-c3ccccc32)cc1. The van der Waals surface area contributed by atoms with E-state index in [0.29, 0.717) is 5.92 Å². The molecule has 2 aromatic heterocycles. The van der Waals surface area contributed by atoms with E-state index in [9.17, 15) is 0 Å². The van der Waals surface area contributed by atoms with Gasteiger partial charge in [-0.25, -0.2) is 0 Å². The topological polar surface area (TPSA) is 4.93 Å². The zero-order valence-electron chi connectivity index (χ0n) is 28.5. The van der Waals surface area contributed by atoms with Gasteiger partial charge in [-0.2, -0.15) is 0 Å². The highest BCUT2D eigenvalue weighted by Crippen LogP contribution is 2.45. The average Bonchev–Trinajstić information content (AvgIpc) is 3.76. The Kier molecular flexibility index (Phi) is 6.62. The summed E-state index contributed by atoms with van der Waals surface area (Å²) >= 11 is 1.89. The van der Waals surface area contributed by atoms with Gasteiger partial charge in [0.15, 0.2) is 0 Å². The van der Waals surface area contributed by atoms with E-state index < -0.39 is 0 Å². The molecule has 11 rings (SSSR count). The highest BCUT2D eigenvalue weighted by molar-refractivity contribution is 7.26. The van der Waals surface area contributed by atoms with Crippen molar-refractivity contribution in [3.63, 3.8) is 0 Å². The minimum Gasteiger partial charge on any atom is -0.309 e. The van der Waals surface area contributed by atoms with Crippen LogP contribution in [0.15, 0.2) is 182 Å².